The molecule has 3 rings (SSSR count). The van der Waals surface area contributed by atoms with Crippen molar-refractivity contribution in [1.29, 1.82) is 0 Å². The highest BCUT2D eigenvalue weighted by Crippen LogP contribution is 2.45. The molecular weight excluding hydrogens is 422 g/mol. The summed E-state index contributed by atoms with van der Waals surface area (Å²) in [4.78, 5) is 26.8. The number of halogens is 1. The molecule has 2 aliphatic rings. The van der Waals surface area contributed by atoms with Gasteiger partial charge in [0.2, 0.25) is 5.91 Å². The van der Waals surface area contributed by atoms with Gasteiger partial charge in [0, 0.05) is 29.1 Å². The predicted molar refractivity (Wildman–Crippen MR) is 130 cm³/mol. The Morgan fingerprint density at radius 3 is 2.53 bits per heavy atom. The van der Waals surface area contributed by atoms with Crippen molar-refractivity contribution >= 4 is 23.5 Å². The van der Waals surface area contributed by atoms with Crippen LogP contribution in [-0.4, -0.2) is 27.9 Å². The number of carbonyl (C=O) groups is 2. The Morgan fingerprint density at radius 1 is 1.28 bits per heavy atom. The summed E-state index contributed by atoms with van der Waals surface area (Å²) < 4.78 is 0. The molecule has 1 fully saturated rings. The summed E-state index contributed by atoms with van der Waals surface area (Å²) in [6.45, 7) is 13.1. The Morgan fingerprint density at radius 2 is 1.97 bits per heavy atom. The van der Waals surface area contributed by atoms with Gasteiger partial charge in [-0.05, 0) is 59.8 Å². The van der Waals surface area contributed by atoms with E-state index in [4.69, 9.17) is 11.6 Å². The van der Waals surface area contributed by atoms with Gasteiger partial charge >= 0.3 is 5.97 Å². The summed E-state index contributed by atoms with van der Waals surface area (Å²) in [5, 5.41) is 10.4. The van der Waals surface area contributed by atoms with E-state index in [2.05, 4.69) is 53.7 Å². The van der Waals surface area contributed by atoms with Gasteiger partial charge in [-0.15, -0.1) is 0 Å². The van der Waals surface area contributed by atoms with Crippen molar-refractivity contribution in [2.45, 2.75) is 91.5 Å². The number of benzene rings is 1. The molecule has 5 heteroatoms. The number of aryl methyl sites for hydroxylation is 1. The lowest BCUT2D eigenvalue weighted by molar-refractivity contribution is -0.145. The van der Waals surface area contributed by atoms with E-state index in [1.165, 1.54) is 0 Å². The van der Waals surface area contributed by atoms with Crippen molar-refractivity contribution in [3.8, 4) is 0 Å². The zero-order valence-corrected chi connectivity index (χ0v) is 21.1. The van der Waals surface area contributed by atoms with Crippen LogP contribution in [0.4, 0.5) is 0 Å². The van der Waals surface area contributed by atoms with Crippen LogP contribution >= 0.6 is 11.6 Å². The molecule has 1 amide bonds. The van der Waals surface area contributed by atoms with Crippen LogP contribution in [0.5, 0.6) is 0 Å². The number of rotatable bonds is 6. The Bertz CT molecular complexity index is 914. The van der Waals surface area contributed by atoms with Gasteiger partial charge in [-0.25, -0.2) is 0 Å². The summed E-state index contributed by atoms with van der Waals surface area (Å²) in [5.74, 6) is -1.06. The number of hydrogen-bond donors (Lipinski definition) is 1. The fourth-order valence-electron chi connectivity index (χ4n) is 5.36. The number of nitrogens with zero attached hydrogens (tertiary/aromatic N) is 1. The Kier molecular flexibility index (Phi) is 7.14. The number of amides is 1. The second kappa shape index (κ2) is 9.21. The third kappa shape index (κ3) is 5.06. The Labute approximate surface area is 198 Å². The first-order chi connectivity index (χ1) is 14.8. The molecule has 1 aliphatic heterocycles. The van der Waals surface area contributed by atoms with Crippen LogP contribution in [-0.2, 0) is 21.4 Å². The van der Waals surface area contributed by atoms with Crippen molar-refractivity contribution in [3.05, 3.63) is 46.1 Å². The molecule has 0 radical (unpaired) electrons. The smallest absolute Gasteiger partial charge is 0.308 e. The molecule has 4 nitrogen and oxygen atoms in total. The lowest BCUT2D eigenvalue weighted by atomic mass is 9.68. The fourth-order valence-corrected chi connectivity index (χ4v) is 5.64. The molecule has 2 unspecified atom stereocenters. The maximum Gasteiger partial charge on any atom is 0.308 e. The standard InChI is InChI=1S/C27H38ClNO3/c1-17(2)21-16-29(23-9-7-8-20(23)25(31)32)24(30)15-27(21,6)19-11-10-18(22(28)14-19)12-13-26(3,4)5/h10-11,14,16-17,20,23H,7-9,12-13,15H2,1-6H3,(H,31,32)/t20?,23?,27-/m0/s1. The summed E-state index contributed by atoms with van der Waals surface area (Å²) in [5.41, 5.74) is 3.14. The van der Waals surface area contributed by atoms with Crippen LogP contribution in [0, 0.1) is 17.3 Å². The number of allylic oxidation sites excluding steroid dienone is 1. The van der Waals surface area contributed by atoms with Gasteiger partial charge in [-0.1, -0.05) is 71.7 Å². The molecule has 1 heterocycles. The van der Waals surface area contributed by atoms with Crippen molar-refractivity contribution < 1.29 is 14.7 Å². The number of carbonyl (C=O) groups excluding carboxylic acids is 1. The van der Waals surface area contributed by atoms with Crippen molar-refractivity contribution in [2.24, 2.45) is 17.3 Å². The molecule has 3 atom stereocenters. The minimum absolute atomic E-state index is 0.00276. The number of carboxylic acids is 1. The molecule has 1 aromatic rings. The lowest BCUT2D eigenvalue weighted by Crippen LogP contribution is -2.48. The number of carboxylic acid groups (broad SMARTS) is 1. The van der Waals surface area contributed by atoms with Crippen molar-refractivity contribution in [2.75, 3.05) is 0 Å². The van der Waals surface area contributed by atoms with Crippen LogP contribution in [0.3, 0.4) is 0 Å². The molecule has 0 spiro atoms. The normalized spacial score (nSPS) is 26.6. The Hall–Kier alpha value is -1.81. The highest BCUT2D eigenvalue weighted by molar-refractivity contribution is 6.31. The number of hydrogen-bond acceptors (Lipinski definition) is 2. The van der Waals surface area contributed by atoms with E-state index >= 15 is 0 Å². The largest absolute Gasteiger partial charge is 0.481 e. The average Bonchev–Trinajstić information content (AvgIpc) is 3.15. The minimum atomic E-state index is -0.800. The first-order valence-corrected chi connectivity index (χ1v) is 12.3. The third-order valence-corrected chi connectivity index (χ3v) is 7.67. The predicted octanol–water partition coefficient (Wildman–Crippen LogP) is 6.60. The average molecular weight is 460 g/mol. The summed E-state index contributed by atoms with van der Waals surface area (Å²) in [7, 11) is 0. The van der Waals surface area contributed by atoms with Gasteiger partial charge in [0.1, 0.15) is 0 Å². The van der Waals surface area contributed by atoms with Crippen LogP contribution < -0.4 is 0 Å². The molecular formula is C27H38ClNO3. The fraction of sp³-hybridized carbons (Fsp3) is 0.630. The third-order valence-electron chi connectivity index (χ3n) is 7.32. The first kappa shape index (κ1) is 24.8. The second-order valence-electron chi connectivity index (χ2n) is 11.4. The molecule has 1 saturated carbocycles. The maximum absolute atomic E-state index is 13.3. The van der Waals surface area contributed by atoms with Crippen LogP contribution in [0.25, 0.3) is 0 Å². The minimum Gasteiger partial charge on any atom is -0.481 e. The molecule has 1 aromatic carbocycles. The zero-order chi connectivity index (χ0) is 23.8. The van der Waals surface area contributed by atoms with E-state index in [0.29, 0.717) is 12.8 Å². The van der Waals surface area contributed by atoms with Crippen molar-refractivity contribution in [3.63, 3.8) is 0 Å². The van der Waals surface area contributed by atoms with E-state index in [-0.39, 0.29) is 23.3 Å². The van der Waals surface area contributed by atoms with Gasteiger partial charge in [0.05, 0.1) is 5.92 Å². The molecule has 0 aromatic heterocycles. The van der Waals surface area contributed by atoms with Crippen LogP contribution in [0.2, 0.25) is 5.02 Å². The molecule has 0 saturated heterocycles. The molecule has 32 heavy (non-hydrogen) atoms. The van der Waals surface area contributed by atoms with Gasteiger partial charge < -0.3 is 10.0 Å². The topological polar surface area (TPSA) is 57.6 Å². The van der Waals surface area contributed by atoms with E-state index in [9.17, 15) is 14.7 Å². The maximum atomic E-state index is 13.3. The molecule has 176 valence electrons. The quantitative estimate of drug-likeness (QED) is 0.521. The summed E-state index contributed by atoms with van der Waals surface area (Å²) in [6, 6.07) is 6.02. The SMILES string of the molecule is CC(C)C1=CN(C2CCCC2C(=O)O)C(=O)C[C@@]1(C)c1ccc(CCC(C)(C)C)c(Cl)c1. The van der Waals surface area contributed by atoms with E-state index < -0.39 is 17.3 Å². The summed E-state index contributed by atoms with van der Waals surface area (Å²) >= 11 is 6.71. The van der Waals surface area contributed by atoms with E-state index in [1.807, 2.05) is 12.3 Å². The molecule has 1 N–H and O–H groups in total. The van der Waals surface area contributed by atoms with Gasteiger partial charge in [-0.3, -0.25) is 9.59 Å². The van der Waals surface area contributed by atoms with E-state index in [1.54, 1.807) is 4.90 Å². The molecule has 1 aliphatic carbocycles. The lowest BCUT2D eigenvalue weighted by Gasteiger charge is -2.43. The zero-order valence-electron chi connectivity index (χ0n) is 20.4. The highest BCUT2D eigenvalue weighted by atomic mass is 35.5. The van der Waals surface area contributed by atoms with Gasteiger partial charge in [0.25, 0.3) is 0 Å². The van der Waals surface area contributed by atoms with Crippen LogP contribution in [0.15, 0.2) is 30.0 Å². The summed E-state index contributed by atoms with van der Waals surface area (Å²) in [6.07, 6.45) is 6.50. The monoisotopic (exact) mass is 459 g/mol. The second-order valence-corrected chi connectivity index (χ2v) is 11.8. The number of aliphatic carboxylic acids is 1. The first-order valence-electron chi connectivity index (χ1n) is 11.9. The van der Waals surface area contributed by atoms with Gasteiger partial charge in [0.15, 0.2) is 0 Å². The Balaban J connectivity index is 1.95. The molecule has 0 bridgehead atoms. The van der Waals surface area contributed by atoms with Crippen LogP contribution in [0.1, 0.15) is 84.8 Å². The van der Waals surface area contributed by atoms with Crippen molar-refractivity contribution in [1.82, 2.24) is 4.90 Å². The highest BCUT2D eigenvalue weighted by Gasteiger charge is 2.45. The van der Waals surface area contributed by atoms with Gasteiger partial charge in [-0.2, -0.15) is 0 Å². The van der Waals surface area contributed by atoms with E-state index in [0.717, 1.165) is 47.4 Å².